The molecule has 4 rings (SSSR count). The molecule has 0 bridgehead atoms. The summed E-state index contributed by atoms with van der Waals surface area (Å²) in [5, 5.41) is 22.1. The van der Waals surface area contributed by atoms with Gasteiger partial charge < -0.3 is 5.11 Å². The molecule has 1 aromatic heterocycles. The second-order valence-corrected chi connectivity index (χ2v) is 8.50. The number of aromatic hydroxyl groups is 1. The molecule has 0 atom stereocenters. The van der Waals surface area contributed by atoms with E-state index in [9.17, 15) is 22.9 Å². The van der Waals surface area contributed by atoms with E-state index >= 15 is 0 Å². The molecule has 31 heavy (non-hydrogen) atoms. The standard InChI is InChI=1S/C20H15ClN4O5S/c1-11-18(20(27)25(24-11)13-6-4-5-12(21)9-13)22-23-19-15-8-3-2-7-14(15)17(10-16(19)26)31(28,29)30/h2-10,24,26H,1H3,(H,28,29,30). The van der Waals surface area contributed by atoms with Crippen LogP contribution in [-0.2, 0) is 10.1 Å². The third kappa shape index (κ3) is 3.83. The molecule has 0 saturated carbocycles. The van der Waals surface area contributed by atoms with Crippen molar-refractivity contribution in [2.45, 2.75) is 11.8 Å². The van der Waals surface area contributed by atoms with Gasteiger partial charge >= 0.3 is 0 Å². The smallest absolute Gasteiger partial charge is 0.299 e. The zero-order valence-electron chi connectivity index (χ0n) is 15.9. The van der Waals surface area contributed by atoms with Gasteiger partial charge in [-0.1, -0.05) is 41.9 Å². The van der Waals surface area contributed by atoms with Crippen LogP contribution in [0.15, 0.2) is 74.5 Å². The van der Waals surface area contributed by atoms with E-state index in [0.717, 1.165) is 6.07 Å². The number of nitrogens with one attached hydrogen (secondary N) is 1. The molecule has 0 amide bonds. The highest BCUT2D eigenvalue weighted by atomic mass is 35.5. The first-order chi connectivity index (χ1) is 14.7. The topological polar surface area (TPSA) is 137 Å². The Balaban J connectivity index is 1.86. The van der Waals surface area contributed by atoms with Crippen molar-refractivity contribution in [3.8, 4) is 11.4 Å². The molecular formula is C20H15ClN4O5S. The Morgan fingerprint density at radius 2 is 1.68 bits per heavy atom. The largest absolute Gasteiger partial charge is 0.506 e. The molecule has 0 fully saturated rings. The molecule has 3 N–H and O–H groups in total. The molecule has 0 saturated heterocycles. The van der Waals surface area contributed by atoms with Crippen molar-refractivity contribution in [3.05, 3.63) is 75.7 Å². The number of azo groups is 1. The summed E-state index contributed by atoms with van der Waals surface area (Å²) in [6, 6.07) is 13.7. The summed E-state index contributed by atoms with van der Waals surface area (Å²) < 4.78 is 34.1. The van der Waals surface area contributed by atoms with E-state index in [0.29, 0.717) is 16.4 Å². The van der Waals surface area contributed by atoms with Crippen LogP contribution in [0.3, 0.4) is 0 Å². The van der Waals surface area contributed by atoms with Crippen LogP contribution in [0.1, 0.15) is 5.69 Å². The molecule has 0 unspecified atom stereocenters. The van der Waals surface area contributed by atoms with Crippen molar-refractivity contribution in [1.82, 2.24) is 9.78 Å². The number of H-pyrrole nitrogens is 1. The van der Waals surface area contributed by atoms with Crippen LogP contribution in [0.4, 0.5) is 11.4 Å². The maximum atomic E-state index is 12.8. The van der Waals surface area contributed by atoms with Crippen LogP contribution in [0, 0.1) is 6.92 Å². The van der Waals surface area contributed by atoms with E-state index in [2.05, 4.69) is 15.3 Å². The van der Waals surface area contributed by atoms with Gasteiger partial charge in [-0.2, -0.15) is 8.42 Å². The lowest BCUT2D eigenvalue weighted by Crippen LogP contribution is -2.13. The summed E-state index contributed by atoms with van der Waals surface area (Å²) in [4.78, 5) is 12.4. The van der Waals surface area contributed by atoms with E-state index in [-0.39, 0.29) is 22.1 Å². The van der Waals surface area contributed by atoms with Crippen molar-refractivity contribution >= 4 is 43.9 Å². The SMILES string of the molecule is Cc1[nH]n(-c2cccc(Cl)c2)c(=O)c1N=Nc1c(O)cc(S(=O)(=O)O)c2ccccc12. The molecule has 1 heterocycles. The first kappa shape index (κ1) is 20.8. The average Bonchev–Trinajstić information content (AvgIpc) is 3.00. The second kappa shape index (κ2) is 7.65. The number of rotatable bonds is 4. The van der Waals surface area contributed by atoms with E-state index in [1.807, 2.05) is 0 Å². The molecule has 0 aliphatic heterocycles. The van der Waals surface area contributed by atoms with Gasteiger partial charge in [0, 0.05) is 21.9 Å². The van der Waals surface area contributed by atoms with Crippen LogP contribution in [0.2, 0.25) is 5.02 Å². The van der Waals surface area contributed by atoms with Gasteiger partial charge in [-0.25, -0.2) is 4.68 Å². The maximum Gasteiger partial charge on any atom is 0.299 e. The van der Waals surface area contributed by atoms with Gasteiger partial charge in [0.15, 0.2) is 5.69 Å². The molecular weight excluding hydrogens is 444 g/mol. The number of hydrogen-bond acceptors (Lipinski definition) is 6. The summed E-state index contributed by atoms with van der Waals surface area (Å²) in [5.41, 5.74) is 0.404. The molecule has 11 heteroatoms. The van der Waals surface area contributed by atoms with Crippen LogP contribution in [0.25, 0.3) is 16.5 Å². The Morgan fingerprint density at radius 1 is 1.00 bits per heavy atom. The molecule has 3 aromatic carbocycles. The molecule has 0 radical (unpaired) electrons. The van der Waals surface area contributed by atoms with Crippen molar-refractivity contribution in [2.75, 3.05) is 0 Å². The van der Waals surface area contributed by atoms with Crippen molar-refractivity contribution in [1.29, 1.82) is 0 Å². The van der Waals surface area contributed by atoms with Gasteiger partial charge in [0.25, 0.3) is 15.7 Å². The number of hydrogen-bond donors (Lipinski definition) is 3. The Labute approximate surface area is 181 Å². The number of halogens is 1. The Hall–Kier alpha value is -3.47. The van der Waals surface area contributed by atoms with E-state index in [1.54, 1.807) is 43.3 Å². The highest BCUT2D eigenvalue weighted by molar-refractivity contribution is 7.86. The van der Waals surface area contributed by atoms with Crippen LogP contribution in [0.5, 0.6) is 5.75 Å². The van der Waals surface area contributed by atoms with Gasteiger partial charge in [0.2, 0.25) is 0 Å². The number of nitrogens with zero attached hydrogens (tertiary/aromatic N) is 3. The van der Waals surface area contributed by atoms with E-state index in [1.165, 1.54) is 16.8 Å². The number of phenolic OH excluding ortho intramolecular Hbond substituents is 1. The average molecular weight is 459 g/mol. The monoisotopic (exact) mass is 458 g/mol. The molecule has 4 aromatic rings. The summed E-state index contributed by atoms with van der Waals surface area (Å²) in [6.45, 7) is 1.64. The number of phenols is 1. The predicted octanol–water partition coefficient (Wildman–Crippen LogP) is 4.65. The van der Waals surface area contributed by atoms with Gasteiger partial charge in [-0.05, 0) is 25.1 Å². The fourth-order valence-corrected chi connectivity index (χ4v) is 4.08. The van der Waals surface area contributed by atoms with Crippen molar-refractivity contribution < 1.29 is 18.1 Å². The lowest BCUT2D eigenvalue weighted by molar-refractivity contribution is 0.468. The zero-order valence-corrected chi connectivity index (χ0v) is 17.5. The minimum absolute atomic E-state index is 0.00214. The van der Waals surface area contributed by atoms with Crippen molar-refractivity contribution in [3.63, 3.8) is 0 Å². The Morgan fingerprint density at radius 3 is 2.35 bits per heavy atom. The molecule has 158 valence electrons. The molecule has 9 nitrogen and oxygen atoms in total. The van der Waals surface area contributed by atoms with Gasteiger partial charge in [-0.15, -0.1) is 10.2 Å². The number of aromatic amines is 1. The molecule has 0 aliphatic rings. The highest BCUT2D eigenvalue weighted by Crippen LogP contribution is 2.39. The summed E-state index contributed by atoms with van der Waals surface area (Å²) in [6.07, 6.45) is 0. The van der Waals surface area contributed by atoms with Gasteiger partial charge in [0.05, 0.1) is 11.4 Å². The lowest BCUT2D eigenvalue weighted by Gasteiger charge is -2.08. The summed E-state index contributed by atoms with van der Waals surface area (Å²) in [7, 11) is -4.58. The quantitative estimate of drug-likeness (QED) is 0.302. The lowest BCUT2D eigenvalue weighted by atomic mass is 10.1. The highest BCUT2D eigenvalue weighted by Gasteiger charge is 2.20. The maximum absolute atomic E-state index is 12.8. The third-order valence-corrected chi connectivity index (χ3v) is 5.72. The fraction of sp³-hybridized carbons (Fsp3) is 0.0500. The summed E-state index contributed by atoms with van der Waals surface area (Å²) >= 11 is 5.99. The fourth-order valence-electron chi connectivity index (χ4n) is 3.18. The third-order valence-electron chi connectivity index (χ3n) is 4.59. The predicted molar refractivity (Wildman–Crippen MR) is 116 cm³/mol. The first-order valence-corrected chi connectivity index (χ1v) is 10.7. The number of fused-ring (bicyclic) bond motifs is 1. The van der Waals surface area contributed by atoms with E-state index < -0.39 is 26.3 Å². The zero-order chi connectivity index (χ0) is 22.3. The normalized spacial score (nSPS) is 12.1. The summed E-state index contributed by atoms with van der Waals surface area (Å²) in [5.74, 6) is -0.515. The number of aromatic nitrogens is 2. The van der Waals surface area contributed by atoms with Gasteiger partial charge in [0.1, 0.15) is 16.3 Å². The minimum Gasteiger partial charge on any atom is -0.506 e. The van der Waals surface area contributed by atoms with Crippen molar-refractivity contribution in [2.24, 2.45) is 10.2 Å². The Kier molecular flexibility index (Phi) is 5.13. The Bertz CT molecular complexity index is 1520. The number of aryl methyl sites for hydroxylation is 1. The second-order valence-electron chi connectivity index (χ2n) is 6.67. The van der Waals surface area contributed by atoms with Crippen LogP contribution >= 0.6 is 11.6 Å². The minimum atomic E-state index is -4.58. The van der Waals surface area contributed by atoms with Crippen LogP contribution in [-0.4, -0.2) is 27.9 Å². The molecule has 0 aliphatic carbocycles. The van der Waals surface area contributed by atoms with Gasteiger partial charge in [-0.3, -0.25) is 14.4 Å². The number of benzene rings is 3. The first-order valence-electron chi connectivity index (χ1n) is 8.88. The molecule has 0 spiro atoms. The van der Waals surface area contributed by atoms with Crippen LogP contribution < -0.4 is 5.56 Å². The van der Waals surface area contributed by atoms with E-state index in [4.69, 9.17) is 11.6 Å².